The van der Waals surface area contributed by atoms with Gasteiger partial charge in [-0.1, -0.05) is 30.0 Å². The fraction of sp³-hybridized carbons (Fsp3) is 0.111. The number of carbonyl (C=O) groups is 1. The van der Waals surface area contributed by atoms with Crippen molar-refractivity contribution in [3.63, 3.8) is 0 Å². The molecule has 124 valence electrons. The van der Waals surface area contributed by atoms with Gasteiger partial charge in [0.1, 0.15) is 0 Å². The van der Waals surface area contributed by atoms with Gasteiger partial charge in [0.05, 0.1) is 10.8 Å². The van der Waals surface area contributed by atoms with Gasteiger partial charge in [-0.25, -0.2) is 0 Å². The third-order valence-electron chi connectivity index (χ3n) is 3.82. The van der Waals surface area contributed by atoms with E-state index in [0.29, 0.717) is 16.7 Å². The summed E-state index contributed by atoms with van der Waals surface area (Å²) in [6.45, 7) is 1.84. The smallest absolute Gasteiger partial charge is 0.277 e. The summed E-state index contributed by atoms with van der Waals surface area (Å²) in [6.07, 6.45) is 5.08. The maximum absolute atomic E-state index is 12.8. The molecule has 0 radical (unpaired) electrons. The van der Waals surface area contributed by atoms with Crippen LogP contribution in [0.15, 0.2) is 64.6 Å². The van der Waals surface area contributed by atoms with Crippen molar-refractivity contribution >= 4 is 28.4 Å². The SMILES string of the molecule is C[C@@H](Sc1nnc(-c2cccnc2)o1)C(=O)c1c[nH]c2ccccc12. The molecule has 0 aliphatic heterocycles. The van der Waals surface area contributed by atoms with Crippen LogP contribution in [-0.4, -0.2) is 31.2 Å². The number of nitrogens with zero attached hydrogens (tertiary/aromatic N) is 3. The Morgan fingerprint density at radius 2 is 2.08 bits per heavy atom. The molecule has 0 unspecified atom stereocenters. The highest BCUT2D eigenvalue weighted by atomic mass is 32.2. The van der Waals surface area contributed by atoms with Gasteiger partial charge in [-0.3, -0.25) is 9.78 Å². The molecule has 0 spiro atoms. The summed E-state index contributed by atoms with van der Waals surface area (Å²) in [6, 6.07) is 11.4. The largest absolute Gasteiger partial charge is 0.411 e. The molecular formula is C18H14N4O2S. The Labute approximate surface area is 147 Å². The minimum atomic E-state index is -0.346. The number of benzene rings is 1. The van der Waals surface area contributed by atoms with E-state index in [1.807, 2.05) is 37.3 Å². The number of fused-ring (bicyclic) bond motifs is 1. The molecule has 3 aromatic heterocycles. The average Bonchev–Trinajstić information content (AvgIpc) is 3.29. The lowest BCUT2D eigenvalue weighted by Gasteiger charge is -2.06. The van der Waals surface area contributed by atoms with E-state index in [2.05, 4.69) is 20.2 Å². The van der Waals surface area contributed by atoms with Crippen LogP contribution in [0.25, 0.3) is 22.4 Å². The fourth-order valence-corrected chi connectivity index (χ4v) is 3.31. The number of carbonyl (C=O) groups excluding carboxylic acids is 1. The quantitative estimate of drug-likeness (QED) is 0.433. The second kappa shape index (κ2) is 6.52. The predicted octanol–water partition coefficient (Wildman–Crippen LogP) is 3.98. The van der Waals surface area contributed by atoms with Crippen LogP contribution in [0.5, 0.6) is 0 Å². The Bertz CT molecular complexity index is 1030. The Balaban J connectivity index is 1.53. The van der Waals surface area contributed by atoms with Crippen LogP contribution >= 0.6 is 11.8 Å². The van der Waals surface area contributed by atoms with Crippen molar-refractivity contribution in [2.75, 3.05) is 0 Å². The van der Waals surface area contributed by atoms with Gasteiger partial charge < -0.3 is 9.40 Å². The van der Waals surface area contributed by atoms with Crippen LogP contribution in [0.3, 0.4) is 0 Å². The zero-order chi connectivity index (χ0) is 17.2. The van der Waals surface area contributed by atoms with Crippen molar-refractivity contribution < 1.29 is 9.21 Å². The topological polar surface area (TPSA) is 84.7 Å². The van der Waals surface area contributed by atoms with Gasteiger partial charge in [0, 0.05) is 35.1 Å². The molecule has 0 saturated carbocycles. The van der Waals surface area contributed by atoms with Crippen molar-refractivity contribution in [2.45, 2.75) is 17.4 Å². The monoisotopic (exact) mass is 350 g/mol. The van der Waals surface area contributed by atoms with Gasteiger partial charge in [-0.05, 0) is 25.1 Å². The number of rotatable bonds is 5. The molecule has 0 bridgehead atoms. The molecule has 0 saturated heterocycles. The maximum atomic E-state index is 12.8. The lowest BCUT2D eigenvalue weighted by molar-refractivity contribution is 0.0995. The molecule has 0 amide bonds. The zero-order valence-electron chi connectivity index (χ0n) is 13.3. The van der Waals surface area contributed by atoms with Crippen LogP contribution in [0.1, 0.15) is 17.3 Å². The summed E-state index contributed by atoms with van der Waals surface area (Å²) < 4.78 is 5.64. The molecule has 7 heteroatoms. The van der Waals surface area contributed by atoms with Crippen molar-refractivity contribution in [1.29, 1.82) is 0 Å². The van der Waals surface area contributed by atoms with E-state index in [-0.39, 0.29) is 11.0 Å². The van der Waals surface area contributed by atoms with Crippen molar-refractivity contribution in [2.24, 2.45) is 0 Å². The molecule has 3 heterocycles. The highest BCUT2D eigenvalue weighted by molar-refractivity contribution is 8.00. The Morgan fingerprint density at radius 3 is 2.92 bits per heavy atom. The van der Waals surface area contributed by atoms with Gasteiger partial charge in [-0.15, -0.1) is 10.2 Å². The van der Waals surface area contributed by atoms with Gasteiger partial charge in [0.2, 0.25) is 5.89 Å². The third-order valence-corrected chi connectivity index (χ3v) is 4.75. The van der Waals surface area contributed by atoms with Crippen molar-refractivity contribution in [3.8, 4) is 11.5 Å². The molecule has 1 N–H and O–H groups in total. The van der Waals surface area contributed by atoms with Gasteiger partial charge >= 0.3 is 0 Å². The Kier molecular flexibility index (Phi) is 4.07. The van der Waals surface area contributed by atoms with Gasteiger partial charge in [0.25, 0.3) is 5.22 Å². The number of hydrogen-bond acceptors (Lipinski definition) is 6. The number of aromatic amines is 1. The van der Waals surface area contributed by atoms with Crippen LogP contribution < -0.4 is 0 Å². The molecule has 6 nitrogen and oxygen atoms in total. The summed E-state index contributed by atoms with van der Waals surface area (Å²) in [7, 11) is 0. The lowest BCUT2D eigenvalue weighted by atomic mass is 10.1. The number of para-hydroxylation sites is 1. The highest BCUT2D eigenvalue weighted by Gasteiger charge is 2.22. The van der Waals surface area contributed by atoms with E-state index in [1.165, 1.54) is 11.8 Å². The normalized spacial score (nSPS) is 12.4. The molecule has 1 aromatic carbocycles. The van der Waals surface area contributed by atoms with Gasteiger partial charge in [-0.2, -0.15) is 0 Å². The zero-order valence-corrected chi connectivity index (χ0v) is 14.2. The number of hydrogen-bond donors (Lipinski definition) is 1. The fourth-order valence-electron chi connectivity index (χ4n) is 2.56. The van der Waals surface area contributed by atoms with E-state index in [9.17, 15) is 4.79 Å². The minimum Gasteiger partial charge on any atom is -0.411 e. The highest BCUT2D eigenvalue weighted by Crippen LogP contribution is 2.29. The van der Waals surface area contributed by atoms with Crippen LogP contribution in [0, 0.1) is 0 Å². The molecular weight excluding hydrogens is 336 g/mol. The molecule has 0 aliphatic rings. The first kappa shape index (κ1) is 15.6. The first-order chi connectivity index (χ1) is 12.2. The standard InChI is InChI=1S/C18H14N4O2S/c1-11(16(23)14-10-20-15-7-3-2-6-13(14)15)25-18-22-21-17(24-18)12-5-4-8-19-9-12/h2-11,20H,1H3/t11-/m1/s1. The Morgan fingerprint density at radius 1 is 1.20 bits per heavy atom. The number of Topliss-reactive ketones (excluding diaryl/α,β-unsaturated/α-hetero) is 1. The van der Waals surface area contributed by atoms with E-state index < -0.39 is 0 Å². The number of ketones is 1. The first-order valence-corrected chi connectivity index (χ1v) is 8.61. The van der Waals surface area contributed by atoms with Crippen LogP contribution in [-0.2, 0) is 0 Å². The first-order valence-electron chi connectivity index (χ1n) is 7.73. The second-order valence-electron chi connectivity index (χ2n) is 5.49. The minimum absolute atomic E-state index is 0.0172. The number of thioether (sulfide) groups is 1. The average molecular weight is 350 g/mol. The summed E-state index contributed by atoms with van der Waals surface area (Å²) >= 11 is 1.25. The molecule has 25 heavy (non-hydrogen) atoms. The van der Waals surface area contributed by atoms with E-state index in [4.69, 9.17) is 4.42 Å². The van der Waals surface area contributed by atoms with Crippen molar-refractivity contribution in [3.05, 3.63) is 60.6 Å². The summed E-state index contributed by atoms with van der Waals surface area (Å²) in [5, 5.41) is 8.97. The number of nitrogens with one attached hydrogen (secondary N) is 1. The predicted molar refractivity (Wildman–Crippen MR) is 95.5 cm³/mol. The molecule has 0 fully saturated rings. The van der Waals surface area contributed by atoms with E-state index in [1.54, 1.807) is 24.7 Å². The van der Waals surface area contributed by atoms with Gasteiger partial charge in [0.15, 0.2) is 5.78 Å². The van der Waals surface area contributed by atoms with Crippen LogP contribution in [0.4, 0.5) is 0 Å². The second-order valence-corrected chi connectivity index (χ2v) is 6.78. The summed E-state index contributed by atoms with van der Waals surface area (Å²) in [5.41, 5.74) is 2.36. The van der Waals surface area contributed by atoms with Crippen LogP contribution in [0.2, 0.25) is 0 Å². The number of pyridine rings is 1. The van der Waals surface area contributed by atoms with Crippen molar-refractivity contribution in [1.82, 2.24) is 20.2 Å². The number of aromatic nitrogens is 4. The molecule has 1 atom stereocenters. The maximum Gasteiger partial charge on any atom is 0.277 e. The number of H-pyrrole nitrogens is 1. The summed E-state index contributed by atoms with van der Waals surface area (Å²) in [4.78, 5) is 19.9. The lowest BCUT2D eigenvalue weighted by Crippen LogP contribution is -2.13. The summed E-state index contributed by atoms with van der Waals surface area (Å²) in [5.74, 6) is 0.408. The molecule has 0 aliphatic carbocycles. The molecule has 4 aromatic rings. The van der Waals surface area contributed by atoms with E-state index in [0.717, 1.165) is 16.5 Å². The van der Waals surface area contributed by atoms with E-state index >= 15 is 0 Å². The third kappa shape index (κ3) is 3.06. The molecule has 4 rings (SSSR count). The Hall–Kier alpha value is -2.93.